The summed E-state index contributed by atoms with van der Waals surface area (Å²) >= 11 is 0. The largest absolute Gasteiger partial charge is 0.490 e. The number of hydrogen-bond donors (Lipinski definition) is 2. The fourth-order valence-corrected chi connectivity index (χ4v) is 2.25. The Balaban J connectivity index is 0.00000729. The van der Waals surface area contributed by atoms with Crippen LogP contribution in [-0.2, 0) is 6.54 Å². The van der Waals surface area contributed by atoms with E-state index in [2.05, 4.69) is 20.4 Å². The minimum Gasteiger partial charge on any atom is -0.490 e. The second kappa shape index (κ2) is 13.6. The van der Waals surface area contributed by atoms with Crippen LogP contribution in [0.1, 0.15) is 31.7 Å². The quantitative estimate of drug-likeness (QED) is 0.153. The van der Waals surface area contributed by atoms with Crippen molar-refractivity contribution in [2.75, 3.05) is 20.2 Å². The number of guanidine groups is 1. The topological polar surface area (TPSA) is 54.9 Å². The zero-order valence-corrected chi connectivity index (χ0v) is 17.9. The van der Waals surface area contributed by atoms with Gasteiger partial charge in [0.2, 0.25) is 0 Å². The van der Waals surface area contributed by atoms with Crippen LogP contribution in [0.25, 0.3) is 0 Å². The Bertz CT molecular complexity index is 601. The number of para-hydroxylation sites is 1. The Labute approximate surface area is 178 Å². The molecule has 0 aliphatic heterocycles. The highest BCUT2D eigenvalue weighted by Gasteiger charge is 2.25. The molecule has 0 unspecified atom stereocenters. The summed E-state index contributed by atoms with van der Waals surface area (Å²) in [7, 11) is 1.50. The minimum atomic E-state index is -4.16. The van der Waals surface area contributed by atoms with Crippen LogP contribution in [0, 0.1) is 0 Å². The van der Waals surface area contributed by atoms with Crippen LogP contribution in [0.4, 0.5) is 22.0 Å². The maximum Gasteiger partial charge on any atom is 0.389 e. The van der Waals surface area contributed by atoms with E-state index >= 15 is 0 Å². The van der Waals surface area contributed by atoms with Crippen molar-refractivity contribution in [3.63, 3.8) is 0 Å². The fourth-order valence-electron chi connectivity index (χ4n) is 2.25. The Morgan fingerprint density at radius 2 is 1.89 bits per heavy atom. The SMILES string of the molecule is CCOc1cccc(CNC(=NC)NCCCCC(F)(F)F)c1OC(F)F.I. The number of ether oxygens (including phenoxy) is 2. The standard InChI is InChI=1S/C17H24F5N3O2.HI/c1-3-26-13-8-6-7-12(14(13)27-15(18)19)11-25-16(23-2)24-10-5-4-9-17(20,21)22;/h6-8,15H,3-5,9-11H2,1-2H3,(H2,23,24,25);1H. The molecule has 0 fully saturated rings. The molecule has 0 amide bonds. The number of nitrogens with one attached hydrogen (secondary N) is 2. The van der Waals surface area contributed by atoms with Crippen LogP contribution in [0.3, 0.4) is 0 Å². The predicted molar refractivity (Wildman–Crippen MR) is 108 cm³/mol. The molecule has 0 heterocycles. The van der Waals surface area contributed by atoms with Crippen LogP contribution >= 0.6 is 24.0 Å². The number of unbranched alkanes of at least 4 members (excludes halogenated alkanes) is 1. The summed E-state index contributed by atoms with van der Waals surface area (Å²) in [4.78, 5) is 3.95. The molecule has 1 aromatic rings. The van der Waals surface area contributed by atoms with E-state index in [4.69, 9.17) is 4.74 Å². The third-order valence-corrected chi connectivity index (χ3v) is 3.42. The second-order valence-corrected chi connectivity index (χ2v) is 5.48. The second-order valence-electron chi connectivity index (χ2n) is 5.48. The first kappa shape index (κ1) is 26.5. The molecule has 1 rings (SSSR count). The highest BCUT2D eigenvalue weighted by atomic mass is 127. The van der Waals surface area contributed by atoms with E-state index in [0.29, 0.717) is 24.5 Å². The van der Waals surface area contributed by atoms with E-state index in [0.717, 1.165) is 0 Å². The molecule has 0 saturated heterocycles. The molecule has 0 aliphatic rings. The van der Waals surface area contributed by atoms with Crippen molar-refractivity contribution >= 4 is 29.9 Å². The van der Waals surface area contributed by atoms with Crippen LogP contribution < -0.4 is 20.1 Å². The van der Waals surface area contributed by atoms with E-state index in [1.165, 1.54) is 13.1 Å². The van der Waals surface area contributed by atoms with Gasteiger partial charge in [-0.05, 0) is 25.8 Å². The summed E-state index contributed by atoms with van der Waals surface area (Å²) in [6.45, 7) is -0.573. The first-order chi connectivity index (χ1) is 12.8. The maximum atomic E-state index is 12.7. The number of halogens is 6. The van der Waals surface area contributed by atoms with Gasteiger partial charge in [0.05, 0.1) is 6.61 Å². The van der Waals surface area contributed by atoms with Crippen LogP contribution in [0.2, 0.25) is 0 Å². The number of benzene rings is 1. The van der Waals surface area contributed by atoms with Gasteiger partial charge in [0.1, 0.15) is 0 Å². The van der Waals surface area contributed by atoms with Gasteiger partial charge in [-0.3, -0.25) is 4.99 Å². The molecule has 0 aromatic heterocycles. The predicted octanol–water partition coefficient (Wildman–Crippen LogP) is 4.70. The van der Waals surface area contributed by atoms with Gasteiger partial charge in [-0.2, -0.15) is 22.0 Å². The Hall–Kier alpha value is -1.53. The third-order valence-electron chi connectivity index (χ3n) is 3.42. The van der Waals surface area contributed by atoms with Gasteiger partial charge >= 0.3 is 12.8 Å². The molecule has 28 heavy (non-hydrogen) atoms. The van der Waals surface area contributed by atoms with E-state index < -0.39 is 19.2 Å². The van der Waals surface area contributed by atoms with Crippen molar-refractivity contribution in [3.8, 4) is 11.5 Å². The van der Waals surface area contributed by atoms with Crippen LogP contribution in [0.15, 0.2) is 23.2 Å². The molecule has 2 N–H and O–H groups in total. The van der Waals surface area contributed by atoms with Crippen molar-refractivity contribution in [2.24, 2.45) is 4.99 Å². The Kier molecular flexibility index (Phi) is 12.9. The molecular formula is C17H25F5IN3O2. The lowest BCUT2D eigenvalue weighted by Crippen LogP contribution is -2.37. The number of rotatable bonds is 10. The fraction of sp³-hybridized carbons (Fsp3) is 0.588. The first-order valence-electron chi connectivity index (χ1n) is 8.47. The average molecular weight is 525 g/mol. The highest BCUT2D eigenvalue weighted by Crippen LogP contribution is 2.32. The van der Waals surface area contributed by atoms with E-state index in [-0.39, 0.29) is 55.0 Å². The lowest BCUT2D eigenvalue weighted by atomic mass is 10.2. The monoisotopic (exact) mass is 525 g/mol. The van der Waals surface area contributed by atoms with E-state index in [1.807, 2.05) is 0 Å². The molecule has 0 spiro atoms. The third kappa shape index (κ3) is 10.7. The van der Waals surface area contributed by atoms with E-state index in [1.54, 1.807) is 19.1 Å². The van der Waals surface area contributed by atoms with Gasteiger partial charge in [0, 0.05) is 32.1 Å². The van der Waals surface area contributed by atoms with Crippen molar-refractivity contribution in [2.45, 2.75) is 45.5 Å². The average Bonchev–Trinajstić information content (AvgIpc) is 2.58. The molecule has 0 radical (unpaired) electrons. The zero-order valence-electron chi connectivity index (χ0n) is 15.6. The minimum absolute atomic E-state index is 0. The number of alkyl halides is 5. The summed E-state index contributed by atoms with van der Waals surface area (Å²) < 4.78 is 71.6. The molecule has 11 heteroatoms. The molecule has 0 saturated carbocycles. The lowest BCUT2D eigenvalue weighted by molar-refractivity contribution is -0.135. The Morgan fingerprint density at radius 1 is 1.18 bits per heavy atom. The van der Waals surface area contributed by atoms with Gasteiger partial charge in [0.15, 0.2) is 17.5 Å². The summed E-state index contributed by atoms with van der Waals surface area (Å²) in [5.41, 5.74) is 0.432. The van der Waals surface area contributed by atoms with Crippen molar-refractivity contribution in [1.82, 2.24) is 10.6 Å². The number of aliphatic imine (C=N–C) groups is 1. The Morgan fingerprint density at radius 3 is 2.46 bits per heavy atom. The smallest absolute Gasteiger partial charge is 0.389 e. The summed E-state index contributed by atoms with van der Waals surface area (Å²) in [6.07, 6.45) is -4.66. The lowest BCUT2D eigenvalue weighted by Gasteiger charge is -2.17. The summed E-state index contributed by atoms with van der Waals surface area (Å²) in [6, 6.07) is 4.77. The van der Waals surface area contributed by atoms with Crippen molar-refractivity contribution < 1.29 is 31.4 Å². The molecule has 5 nitrogen and oxygen atoms in total. The van der Waals surface area contributed by atoms with Gasteiger partial charge < -0.3 is 20.1 Å². The van der Waals surface area contributed by atoms with Crippen LogP contribution in [0.5, 0.6) is 11.5 Å². The summed E-state index contributed by atoms with van der Waals surface area (Å²) in [5, 5.41) is 5.79. The summed E-state index contributed by atoms with van der Waals surface area (Å²) in [5.74, 6) is 0.474. The van der Waals surface area contributed by atoms with Gasteiger partial charge in [-0.15, -0.1) is 24.0 Å². The molecule has 162 valence electrons. The molecule has 0 aliphatic carbocycles. The maximum absolute atomic E-state index is 12.7. The highest BCUT2D eigenvalue weighted by molar-refractivity contribution is 14.0. The zero-order chi connectivity index (χ0) is 20.3. The molecule has 0 bridgehead atoms. The molecular weight excluding hydrogens is 500 g/mol. The number of nitrogens with zero attached hydrogens (tertiary/aromatic N) is 1. The van der Waals surface area contributed by atoms with Crippen molar-refractivity contribution in [3.05, 3.63) is 23.8 Å². The van der Waals surface area contributed by atoms with Gasteiger partial charge in [0.25, 0.3) is 0 Å². The molecule has 0 atom stereocenters. The first-order valence-corrected chi connectivity index (χ1v) is 8.47. The normalized spacial score (nSPS) is 11.8. The van der Waals surface area contributed by atoms with Gasteiger partial charge in [-0.1, -0.05) is 12.1 Å². The van der Waals surface area contributed by atoms with Crippen LogP contribution in [-0.4, -0.2) is 38.9 Å². The molecule has 1 aromatic carbocycles. The van der Waals surface area contributed by atoms with E-state index in [9.17, 15) is 22.0 Å². The number of hydrogen-bond acceptors (Lipinski definition) is 3. The van der Waals surface area contributed by atoms with Gasteiger partial charge in [-0.25, -0.2) is 0 Å². The van der Waals surface area contributed by atoms with Crippen molar-refractivity contribution in [1.29, 1.82) is 0 Å².